The lowest BCUT2D eigenvalue weighted by Crippen LogP contribution is -2.07. The van der Waals surface area contributed by atoms with Gasteiger partial charge in [-0.05, 0) is 55.0 Å². The smallest absolute Gasteiger partial charge is 0.277 e. The van der Waals surface area contributed by atoms with Gasteiger partial charge in [0.05, 0.1) is 19.1 Å². The topological polar surface area (TPSA) is 57.4 Å². The Morgan fingerprint density at radius 2 is 2.11 bits per heavy atom. The number of ether oxygens (including phenoxy) is 2. The molecule has 4 rings (SSSR count). The molecule has 142 valence electrons. The van der Waals surface area contributed by atoms with Crippen LogP contribution in [0.5, 0.6) is 11.5 Å². The Morgan fingerprint density at radius 1 is 1.22 bits per heavy atom. The lowest BCUT2D eigenvalue weighted by Gasteiger charge is -2.16. The van der Waals surface area contributed by atoms with Crippen LogP contribution in [0.3, 0.4) is 0 Å². The van der Waals surface area contributed by atoms with Crippen molar-refractivity contribution in [3.05, 3.63) is 40.3 Å². The van der Waals surface area contributed by atoms with Crippen LogP contribution in [-0.4, -0.2) is 24.4 Å². The van der Waals surface area contributed by atoms with Gasteiger partial charge < -0.3 is 13.9 Å². The average Bonchev–Trinajstić information content (AvgIpc) is 3.32. The highest BCUT2D eigenvalue weighted by atomic mass is 32.2. The molecule has 0 N–H and O–H groups in total. The van der Waals surface area contributed by atoms with Gasteiger partial charge in [0.25, 0.3) is 11.1 Å². The van der Waals surface area contributed by atoms with Crippen molar-refractivity contribution in [2.75, 3.05) is 14.2 Å². The predicted octanol–water partition coefficient (Wildman–Crippen LogP) is 5.23. The summed E-state index contributed by atoms with van der Waals surface area (Å²) in [6.45, 7) is 2.31. The van der Waals surface area contributed by atoms with Gasteiger partial charge in [0.2, 0.25) is 0 Å². The zero-order valence-electron chi connectivity index (χ0n) is 15.7. The van der Waals surface area contributed by atoms with E-state index in [0.29, 0.717) is 16.9 Å². The number of benzene rings is 1. The second-order valence-electron chi connectivity index (χ2n) is 6.75. The van der Waals surface area contributed by atoms with E-state index in [1.54, 1.807) is 25.6 Å². The minimum atomic E-state index is 0.564. The SMILES string of the molecule is COc1ccc(OC)c(CSc2nnc(-c3cc4c(s3)CC[C@H](C)C4)o2)c1. The summed E-state index contributed by atoms with van der Waals surface area (Å²) in [6, 6.07) is 7.99. The summed E-state index contributed by atoms with van der Waals surface area (Å²) in [5, 5.41) is 9.03. The van der Waals surface area contributed by atoms with Crippen molar-refractivity contribution in [3.63, 3.8) is 0 Å². The molecule has 0 radical (unpaired) electrons. The third kappa shape index (κ3) is 3.99. The van der Waals surface area contributed by atoms with Crippen molar-refractivity contribution in [1.82, 2.24) is 10.2 Å². The molecule has 1 aromatic carbocycles. The first-order chi connectivity index (χ1) is 13.2. The summed E-state index contributed by atoms with van der Waals surface area (Å²) in [6.07, 6.45) is 3.57. The predicted molar refractivity (Wildman–Crippen MR) is 108 cm³/mol. The number of aryl methyl sites for hydroxylation is 1. The van der Waals surface area contributed by atoms with E-state index in [9.17, 15) is 0 Å². The van der Waals surface area contributed by atoms with Crippen LogP contribution < -0.4 is 9.47 Å². The highest BCUT2D eigenvalue weighted by Gasteiger charge is 2.21. The van der Waals surface area contributed by atoms with Gasteiger partial charge in [-0.3, -0.25) is 0 Å². The molecule has 27 heavy (non-hydrogen) atoms. The number of nitrogens with zero attached hydrogens (tertiary/aromatic N) is 2. The van der Waals surface area contributed by atoms with Crippen LogP contribution in [0.15, 0.2) is 33.9 Å². The van der Waals surface area contributed by atoms with Gasteiger partial charge in [-0.15, -0.1) is 21.5 Å². The normalized spacial score (nSPS) is 16.2. The van der Waals surface area contributed by atoms with Crippen LogP contribution in [0.2, 0.25) is 0 Å². The van der Waals surface area contributed by atoms with E-state index >= 15 is 0 Å². The monoisotopic (exact) mass is 402 g/mol. The molecule has 1 aliphatic rings. The van der Waals surface area contributed by atoms with Gasteiger partial charge in [-0.1, -0.05) is 18.7 Å². The van der Waals surface area contributed by atoms with Gasteiger partial charge in [-0.25, -0.2) is 0 Å². The lowest BCUT2D eigenvalue weighted by atomic mass is 9.90. The summed E-state index contributed by atoms with van der Waals surface area (Å²) in [5.74, 6) is 3.66. The quantitative estimate of drug-likeness (QED) is 0.526. The number of fused-ring (bicyclic) bond motifs is 1. The lowest BCUT2D eigenvalue weighted by molar-refractivity contribution is 0.400. The summed E-state index contributed by atoms with van der Waals surface area (Å²) in [5.41, 5.74) is 2.48. The second-order valence-corrected chi connectivity index (χ2v) is 8.81. The molecule has 0 unspecified atom stereocenters. The van der Waals surface area contributed by atoms with E-state index in [1.165, 1.54) is 28.6 Å². The molecule has 5 nitrogen and oxygen atoms in total. The van der Waals surface area contributed by atoms with E-state index in [2.05, 4.69) is 23.2 Å². The maximum absolute atomic E-state index is 5.91. The Labute approximate surface area is 167 Å². The van der Waals surface area contributed by atoms with Gasteiger partial charge in [0.15, 0.2) is 0 Å². The molecule has 3 aromatic rings. The molecule has 2 aromatic heterocycles. The third-order valence-corrected chi connectivity index (χ3v) is 6.88. The molecule has 7 heteroatoms. The molecular weight excluding hydrogens is 380 g/mol. The van der Waals surface area contributed by atoms with Crippen LogP contribution in [-0.2, 0) is 18.6 Å². The number of thiophene rings is 1. The number of thioether (sulfide) groups is 1. The standard InChI is InChI=1S/C20H22N2O3S2/c1-12-4-7-17-13(8-12)10-18(27-17)19-21-22-20(25-19)26-11-14-9-15(23-2)5-6-16(14)24-3/h5-6,9-10,12H,4,7-8,11H2,1-3H3/t12-/m0/s1. The van der Waals surface area contributed by atoms with Crippen LogP contribution in [0.1, 0.15) is 29.3 Å². The van der Waals surface area contributed by atoms with Crippen molar-refractivity contribution < 1.29 is 13.9 Å². The Kier molecular flexibility index (Phi) is 5.41. The zero-order chi connectivity index (χ0) is 18.8. The van der Waals surface area contributed by atoms with Crippen molar-refractivity contribution in [3.8, 4) is 22.3 Å². The largest absolute Gasteiger partial charge is 0.497 e. The van der Waals surface area contributed by atoms with Gasteiger partial charge in [0.1, 0.15) is 11.5 Å². The molecule has 2 heterocycles. The van der Waals surface area contributed by atoms with Crippen molar-refractivity contribution in [2.45, 2.75) is 37.2 Å². The molecule has 0 aliphatic heterocycles. The van der Waals surface area contributed by atoms with Crippen LogP contribution in [0.4, 0.5) is 0 Å². The fourth-order valence-electron chi connectivity index (χ4n) is 3.31. The number of aromatic nitrogens is 2. The maximum Gasteiger partial charge on any atom is 0.277 e. The Hall–Kier alpha value is -1.99. The van der Waals surface area contributed by atoms with E-state index in [0.717, 1.165) is 40.7 Å². The van der Waals surface area contributed by atoms with E-state index in [4.69, 9.17) is 13.9 Å². The van der Waals surface area contributed by atoms with Gasteiger partial charge in [-0.2, -0.15) is 0 Å². The van der Waals surface area contributed by atoms with Crippen LogP contribution in [0.25, 0.3) is 10.8 Å². The Morgan fingerprint density at radius 3 is 2.93 bits per heavy atom. The molecule has 0 saturated carbocycles. The Balaban J connectivity index is 1.48. The fraction of sp³-hybridized carbons (Fsp3) is 0.400. The van der Waals surface area contributed by atoms with E-state index in [1.807, 2.05) is 18.2 Å². The molecule has 0 fully saturated rings. The summed E-state index contributed by atoms with van der Waals surface area (Å²) < 4.78 is 16.6. The first-order valence-corrected chi connectivity index (χ1v) is 10.8. The highest BCUT2D eigenvalue weighted by molar-refractivity contribution is 7.98. The van der Waals surface area contributed by atoms with Crippen molar-refractivity contribution in [2.24, 2.45) is 5.92 Å². The molecular formula is C20H22N2O3S2. The fourth-order valence-corrected chi connectivity index (χ4v) is 5.18. The molecule has 0 saturated heterocycles. The molecule has 0 bridgehead atoms. The van der Waals surface area contributed by atoms with E-state index in [-0.39, 0.29) is 0 Å². The molecule has 0 spiro atoms. The highest BCUT2D eigenvalue weighted by Crippen LogP contribution is 2.38. The number of rotatable bonds is 6. The minimum Gasteiger partial charge on any atom is -0.497 e. The number of hydrogen-bond donors (Lipinski definition) is 0. The van der Waals surface area contributed by atoms with Crippen LogP contribution in [0, 0.1) is 5.92 Å². The zero-order valence-corrected chi connectivity index (χ0v) is 17.3. The number of hydrogen-bond acceptors (Lipinski definition) is 7. The van der Waals surface area contributed by atoms with Gasteiger partial charge >= 0.3 is 0 Å². The molecule has 1 atom stereocenters. The molecule has 0 amide bonds. The second kappa shape index (κ2) is 7.94. The van der Waals surface area contributed by atoms with Crippen molar-refractivity contribution >= 4 is 23.1 Å². The minimum absolute atomic E-state index is 0.564. The molecule has 1 aliphatic carbocycles. The third-order valence-electron chi connectivity index (χ3n) is 4.79. The van der Waals surface area contributed by atoms with E-state index < -0.39 is 0 Å². The summed E-state index contributed by atoms with van der Waals surface area (Å²) in [7, 11) is 3.32. The average molecular weight is 403 g/mol. The van der Waals surface area contributed by atoms with Crippen molar-refractivity contribution in [1.29, 1.82) is 0 Å². The number of methoxy groups -OCH3 is 2. The van der Waals surface area contributed by atoms with Crippen LogP contribution >= 0.6 is 23.1 Å². The first kappa shape index (κ1) is 18.4. The maximum atomic E-state index is 5.91. The summed E-state index contributed by atoms with van der Waals surface area (Å²) in [4.78, 5) is 2.55. The first-order valence-electron chi connectivity index (χ1n) is 8.95. The summed E-state index contributed by atoms with van der Waals surface area (Å²) >= 11 is 3.29. The van der Waals surface area contributed by atoms with Gasteiger partial charge in [0, 0.05) is 16.2 Å². The Bertz CT molecular complexity index is 935.